The zero-order chi connectivity index (χ0) is 21.2. The molecule has 1 atom stereocenters. The first kappa shape index (κ1) is 23.4. The first-order valence-corrected chi connectivity index (χ1v) is 11.3. The van der Waals surface area contributed by atoms with Crippen LogP contribution in [0, 0.1) is 11.8 Å². The summed E-state index contributed by atoms with van der Waals surface area (Å²) in [5.74, 6) is 1.04. The number of hydrogen-bond donors (Lipinski definition) is 3. The maximum atomic E-state index is 12.2. The number of carbonyl (C=O) groups excluding carboxylic acids is 2. The topological polar surface area (TPSA) is 103 Å². The van der Waals surface area contributed by atoms with Crippen LogP contribution in [0.3, 0.4) is 0 Å². The molecule has 0 aromatic rings. The summed E-state index contributed by atoms with van der Waals surface area (Å²) in [6, 6.07) is 0.266. The number of nitrogens with one attached hydrogen (secondary N) is 2. The van der Waals surface area contributed by atoms with E-state index in [1.54, 1.807) is 0 Å². The molecular weight excluding hydrogens is 368 g/mol. The van der Waals surface area contributed by atoms with Gasteiger partial charge in [-0.1, -0.05) is 13.8 Å². The number of primary amides is 1. The third kappa shape index (κ3) is 7.84. The van der Waals surface area contributed by atoms with Crippen molar-refractivity contribution >= 4 is 17.8 Å². The van der Waals surface area contributed by atoms with Gasteiger partial charge in [0, 0.05) is 44.1 Å². The Morgan fingerprint density at radius 2 is 1.86 bits per heavy atom. The second-order valence-corrected chi connectivity index (χ2v) is 8.55. The highest BCUT2D eigenvalue weighted by atomic mass is 16.2. The Morgan fingerprint density at radius 3 is 2.48 bits per heavy atom. The average Bonchev–Trinajstić information content (AvgIpc) is 3.15. The first-order chi connectivity index (χ1) is 13.9. The van der Waals surface area contributed by atoms with E-state index in [-0.39, 0.29) is 29.7 Å². The summed E-state index contributed by atoms with van der Waals surface area (Å²) in [5.41, 5.74) is 5.40. The summed E-state index contributed by atoms with van der Waals surface area (Å²) in [6.07, 6.45) is 4.88. The van der Waals surface area contributed by atoms with Crippen molar-refractivity contribution in [1.29, 1.82) is 0 Å². The molecule has 0 aromatic heterocycles. The number of guanidine groups is 1. The molecule has 0 bridgehead atoms. The number of hydrogen-bond acceptors (Lipinski definition) is 4. The summed E-state index contributed by atoms with van der Waals surface area (Å²) in [5, 5.41) is 6.80. The van der Waals surface area contributed by atoms with Crippen molar-refractivity contribution in [1.82, 2.24) is 20.4 Å². The standard InChI is InChI=1S/C21H40N6O2/c1-4-23-21(25-18-9-14-27(15-18)20(29)16(2)3)24-10-5-6-11-26-12-7-17(8-13-26)19(22)28/h16-18H,4-15H2,1-3H3,(H2,22,28)(H2,23,24,25). The smallest absolute Gasteiger partial charge is 0.225 e. The van der Waals surface area contributed by atoms with Gasteiger partial charge in [0.1, 0.15) is 0 Å². The summed E-state index contributed by atoms with van der Waals surface area (Å²) >= 11 is 0. The molecule has 29 heavy (non-hydrogen) atoms. The zero-order valence-corrected chi connectivity index (χ0v) is 18.5. The minimum atomic E-state index is -0.151. The van der Waals surface area contributed by atoms with Gasteiger partial charge in [0.25, 0.3) is 0 Å². The van der Waals surface area contributed by atoms with E-state index < -0.39 is 0 Å². The second-order valence-electron chi connectivity index (χ2n) is 8.55. The van der Waals surface area contributed by atoms with Crippen molar-refractivity contribution in [3.8, 4) is 0 Å². The van der Waals surface area contributed by atoms with Crippen LogP contribution < -0.4 is 16.4 Å². The molecule has 2 fully saturated rings. The summed E-state index contributed by atoms with van der Waals surface area (Å²) < 4.78 is 0. The van der Waals surface area contributed by atoms with Gasteiger partial charge < -0.3 is 26.2 Å². The van der Waals surface area contributed by atoms with Crippen LogP contribution in [0.25, 0.3) is 0 Å². The summed E-state index contributed by atoms with van der Waals surface area (Å²) in [4.78, 5) is 32.5. The molecule has 0 aliphatic carbocycles. The summed E-state index contributed by atoms with van der Waals surface area (Å²) in [6.45, 7) is 12.1. The minimum Gasteiger partial charge on any atom is -0.369 e. The monoisotopic (exact) mass is 408 g/mol. The molecule has 4 N–H and O–H groups in total. The van der Waals surface area contributed by atoms with Gasteiger partial charge in [-0.15, -0.1) is 0 Å². The Hall–Kier alpha value is -1.83. The number of likely N-dealkylation sites (tertiary alicyclic amines) is 2. The Balaban J connectivity index is 1.66. The Morgan fingerprint density at radius 1 is 1.14 bits per heavy atom. The van der Waals surface area contributed by atoms with Crippen LogP contribution in [0.1, 0.15) is 52.9 Å². The molecule has 8 heteroatoms. The number of nitrogens with two attached hydrogens (primary N) is 1. The molecule has 2 aliphatic rings. The van der Waals surface area contributed by atoms with Crippen molar-refractivity contribution in [2.24, 2.45) is 22.6 Å². The van der Waals surface area contributed by atoms with Gasteiger partial charge >= 0.3 is 0 Å². The molecule has 2 rings (SSSR count). The lowest BCUT2D eigenvalue weighted by molar-refractivity contribution is -0.133. The number of aliphatic imine (C=N–C) groups is 1. The van der Waals surface area contributed by atoms with Gasteiger partial charge in [-0.25, -0.2) is 0 Å². The summed E-state index contributed by atoms with van der Waals surface area (Å²) in [7, 11) is 0. The molecular formula is C21H40N6O2. The highest BCUT2D eigenvalue weighted by Crippen LogP contribution is 2.17. The number of piperidine rings is 1. The normalized spacial score (nSPS) is 21.6. The van der Waals surface area contributed by atoms with Crippen molar-refractivity contribution in [2.75, 3.05) is 45.8 Å². The van der Waals surface area contributed by atoms with Gasteiger partial charge in [-0.05, 0) is 58.7 Å². The largest absolute Gasteiger partial charge is 0.369 e. The fourth-order valence-electron chi connectivity index (χ4n) is 4.04. The molecule has 1 unspecified atom stereocenters. The van der Waals surface area contributed by atoms with E-state index in [0.29, 0.717) is 0 Å². The highest BCUT2D eigenvalue weighted by Gasteiger charge is 2.28. The van der Waals surface area contributed by atoms with E-state index in [4.69, 9.17) is 10.7 Å². The maximum Gasteiger partial charge on any atom is 0.225 e. The first-order valence-electron chi connectivity index (χ1n) is 11.3. The lowest BCUT2D eigenvalue weighted by Gasteiger charge is -2.30. The lowest BCUT2D eigenvalue weighted by atomic mass is 9.96. The van der Waals surface area contributed by atoms with Gasteiger partial charge in [-0.3, -0.25) is 14.6 Å². The third-order valence-electron chi connectivity index (χ3n) is 5.82. The van der Waals surface area contributed by atoms with Gasteiger partial charge in [-0.2, -0.15) is 0 Å². The molecule has 2 amide bonds. The number of unbranched alkanes of at least 4 members (excludes halogenated alkanes) is 1. The zero-order valence-electron chi connectivity index (χ0n) is 18.5. The van der Waals surface area contributed by atoms with E-state index in [0.717, 1.165) is 83.9 Å². The van der Waals surface area contributed by atoms with E-state index in [1.165, 1.54) is 0 Å². The maximum absolute atomic E-state index is 12.2. The number of nitrogens with zero attached hydrogens (tertiary/aromatic N) is 3. The number of rotatable bonds is 9. The van der Waals surface area contributed by atoms with E-state index in [9.17, 15) is 9.59 Å². The van der Waals surface area contributed by atoms with Gasteiger partial charge in [0.2, 0.25) is 11.8 Å². The predicted octanol–water partition coefficient (Wildman–Crippen LogP) is 0.776. The third-order valence-corrected chi connectivity index (χ3v) is 5.82. The lowest BCUT2D eigenvalue weighted by Crippen LogP contribution is -2.45. The van der Waals surface area contributed by atoms with Gasteiger partial charge in [0.05, 0.1) is 0 Å². The van der Waals surface area contributed by atoms with Crippen molar-refractivity contribution in [3.63, 3.8) is 0 Å². The fourth-order valence-corrected chi connectivity index (χ4v) is 4.04. The molecule has 0 spiro atoms. The second kappa shape index (κ2) is 12.0. The van der Waals surface area contributed by atoms with E-state index in [1.807, 2.05) is 18.7 Å². The van der Waals surface area contributed by atoms with Crippen LogP contribution in [0.2, 0.25) is 0 Å². The Labute approximate surface area is 175 Å². The van der Waals surface area contributed by atoms with Crippen molar-refractivity contribution in [2.45, 2.75) is 58.9 Å². The molecule has 8 nitrogen and oxygen atoms in total. The van der Waals surface area contributed by atoms with E-state index in [2.05, 4.69) is 22.5 Å². The van der Waals surface area contributed by atoms with Crippen LogP contribution in [-0.2, 0) is 9.59 Å². The minimum absolute atomic E-state index is 0.0530. The molecule has 0 radical (unpaired) electrons. The van der Waals surface area contributed by atoms with Crippen LogP contribution in [0.4, 0.5) is 0 Å². The Bertz CT molecular complexity index is 557. The number of amides is 2. The molecule has 166 valence electrons. The van der Waals surface area contributed by atoms with Crippen molar-refractivity contribution < 1.29 is 9.59 Å². The van der Waals surface area contributed by atoms with Crippen LogP contribution >= 0.6 is 0 Å². The highest BCUT2D eigenvalue weighted by molar-refractivity contribution is 5.81. The molecule has 2 saturated heterocycles. The van der Waals surface area contributed by atoms with Crippen LogP contribution in [0.15, 0.2) is 4.99 Å². The van der Waals surface area contributed by atoms with Crippen LogP contribution in [-0.4, -0.2) is 79.4 Å². The average molecular weight is 409 g/mol. The SMILES string of the molecule is CCNC(=NCCCCN1CCC(C(N)=O)CC1)NC1CCN(C(=O)C(C)C)C1. The van der Waals surface area contributed by atoms with Crippen LogP contribution in [0.5, 0.6) is 0 Å². The quantitative estimate of drug-likeness (QED) is 0.297. The molecule has 2 heterocycles. The molecule has 2 aliphatic heterocycles. The van der Waals surface area contributed by atoms with E-state index >= 15 is 0 Å². The fraction of sp³-hybridized carbons (Fsp3) is 0.857. The molecule has 0 saturated carbocycles. The van der Waals surface area contributed by atoms with Crippen molar-refractivity contribution in [3.05, 3.63) is 0 Å². The predicted molar refractivity (Wildman–Crippen MR) is 117 cm³/mol. The Kier molecular flexibility index (Phi) is 9.70. The number of carbonyl (C=O) groups is 2. The van der Waals surface area contributed by atoms with Gasteiger partial charge in [0.15, 0.2) is 5.96 Å². The molecule has 0 aromatic carbocycles.